The van der Waals surface area contributed by atoms with Gasteiger partial charge in [-0.25, -0.2) is 0 Å². The first-order chi connectivity index (χ1) is 7.34. The monoisotopic (exact) mass is 206 g/mol. The van der Waals surface area contributed by atoms with Crippen LogP contribution in [0.2, 0.25) is 0 Å². The molecular formula is C12H18N2O. The number of hydrogen-bond acceptors (Lipinski definition) is 3. The van der Waals surface area contributed by atoms with Gasteiger partial charge in [-0.1, -0.05) is 0 Å². The summed E-state index contributed by atoms with van der Waals surface area (Å²) >= 11 is 0. The van der Waals surface area contributed by atoms with Crippen molar-refractivity contribution in [1.82, 2.24) is 5.32 Å². The Bertz CT molecular complexity index is 316. The third-order valence-electron chi connectivity index (χ3n) is 2.62. The zero-order valence-corrected chi connectivity index (χ0v) is 9.20. The predicted molar refractivity (Wildman–Crippen MR) is 61.2 cm³/mol. The van der Waals surface area contributed by atoms with E-state index >= 15 is 0 Å². The Morgan fingerprint density at radius 3 is 3.13 bits per heavy atom. The average molecular weight is 206 g/mol. The van der Waals surface area contributed by atoms with Gasteiger partial charge in [0, 0.05) is 25.4 Å². The molecule has 1 N–H and O–H groups in total. The molecule has 1 unspecified atom stereocenters. The molecule has 1 aromatic rings. The second-order valence-corrected chi connectivity index (χ2v) is 4.11. The Labute approximate surface area is 90.6 Å². The molecule has 1 aromatic heterocycles. The second-order valence-electron chi connectivity index (χ2n) is 4.11. The maximum Gasteiger partial charge on any atom is 0.105 e. The fourth-order valence-corrected chi connectivity index (χ4v) is 1.88. The van der Waals surface area contributed by atoms with Crippen molar-refractivity contribution in [2.24, 2.45) is 4.99 Å². The SMILES string of the molecule is CC(Cc1ccco1)NC1=NCCCC1. The third kappa shape index (κ3) is 3.11. The molecular weight excluding hydrogens is 188 g/mol. The lowest BCUT2D eigenvalue weighted by atomic mass is 10.1. The minimum atomic E-state index is 0.396. The van der Waals surface area contributed by atoms with Crippen LogP contribution in [0, 0.1) is 0 Å². The van der Waals surface area contributed by atoms with Gasteiger partial charge in [0.2, 0.25) is 0 Å². The van der Waals surface area contributed by atoms with Crippen molar-refractivity contribution in [3.05, 3.63) is 24.2 Å². The van der Waals surface area contributed by atoms with E-state index in [1.807, 2.05) is 12.1 Å². The van der Waals surface area contributed by atoms with Crippen LogP contribution in [-0.2, 0) is 6.42 Å². The average Bonchev–Trinajstić information content (AvgIpc) is 2.71. The molecule has 0 aromatic carbocycles. The lowest BCUT2D eigenvalue weighted by Crippen LogP contribution is -2.35. The number of furan rings is 1. The van der Waals surface area contributed by atoms with E-state index in [2.05, 4.69) is 17.2 Å². The zero-order chi connectivity index (χ0) is 10.5. The summed E-state index contributed by atoms with van der Waals surface area (Å²) in [6, 6.07) is 4.34. The maximum absolute atomic E-state index is 5.31. The van der Waals surface area contributed by atoms with Gasteiger partial charge in [0.1, 0.15) is 5.76 Å². The van der Waals surface area contributed by atoms with Crippen molar-refractivity contribution in [3.8, 4) is 0 Å². The highest BCUT2D eigenvalue weighted by atomic mass is 16.3. The molecule has 2 heterocycles. The largest absolute Gasteiger partial charge is 0.469 e. The number of hydrogen-bond donors (Lipinski definition) is 1. The number of rotatable bonds is 3. The molecule has 3 nitrogen and oxygen atoms in total. The van der Waals surface area contributed by atoms with Gasteiger partial charge < -0.3 is 9.73 Å². The molecule has 0 spiro atoms. The quantitative estimate of drug-likeness (QED) is 0.824. The molecule has 0 saturated carbocycles. The Balaban J connectivity index is 1.81. The molecule has 15 heavy (non-hydrogen) atoms. The van der Waals surface area contributed by atoms with Crippen LogP contribution in [0.4, 0.5) is 0 Å². The summed E-state index contributed by atoms with van der Waals surface area (Å²) in [5.74, 6) is 2.20. The lowest BCUT2D eigenvalue weighted by Gasteiger charge is -2.18. The number of amidine groups is 1. The van der Waals surface area contributed by atoms with Gasteiger partial charge in [-0.15, -0.1) is 0 Å². The zero-order valence-electron chi connectivity index (χ0n) is 9.20. The summed E-state index contributed by atoms with van der Waals surface area (Å²) < 4.78 is 5.31. The fourth-order valence-electron chi connectivity index (χ4n) is 1.88. The van der Waals surface area contributed by atoms with Crippen LogP contribution in [0.25, 0.3) is 0 Å². The van der Waals surface area contributed by atoms with Crippen molar-refractivity contribution >= 4 is 5.84 Å². The number of nitrogens with one attached hydrogen (secondary N) is 1. The molecule has 0 aliphatic carbocycles. The summed E-state index contributed by atoms with van der Waals surface area (Å²) in [5.41, 5.74) is 0. The first kappa shape index (κ1) is 10.3. The van der Waals surface area contributed by atoms with E-state index in [0.29, 0.717) is 6.04 Å². The normalized spacial score (nSPS) is 18.3. The van der Waals surface area contributed by atoms with Crippen LogP contribution in [-0.4, -0.2) is 18.4 Å². The molecule has 82 valence electrons. The highest BCUT2D eigenvalue weighted by molar-refractivity contribution is 5.82. The summed E-state index contributed by atoms with van der Waals surface area (Å²) in [6.07, 6.45) is 6.24. The number of aliphatic imine (C=N–C) groups is 1. The summed E-state index contributed by atoms with van der Waals surface area (Å²) in [5, 5.41) is 3.45. The van der Waals surface area contributed by atoms with Crippen molar-refractivity contribution in [3.63, 3.8) is 0 Å². The van der Waals surface area contributed by atoms with Crippen molar-refractivity contribution < 1.29 is 4.42 Å². The van der Waals surface area contributed by atoms with Crippen LogP contribution in [0.5, 0.6) is 0 Å². The predicted octanol–water partition coefficient (Wildman–Crippen LogP) is 2.38. The molecule has 2 rings (SSSR count). The maximum atomic E-state index is 5.31. The highest BCUT2D eigenvalue weighted by Gasteiger charge is 2.10. The standard InChI is InChI=1S/C12H18N2O/c1-10(9-11-5-4-8-15-11)14-12-6-2-3-7-13-12/h4-5,8,10H,2-3,6-7,9H2,1H3,(H,13,14). The molecule has 1 aliphatic rings. The van der Waals surface area contributed by atoms with E-state index in [9.17, 15) is 0 Å². The molecule has 0 saturated heterocycles. The van der Waals surface area contributed by atoms with Gasteiger partial charge in [0.25, 0.3) is 0 Å². The van der Waals surface area contributed by atoms with Crippen LogP contribution >= 0.6 is 0 Å². The molecule has 1 aliphatic heterocycles. The molecule has 0 fully saturated rings. The van der Waals surface area contributed by atoms with Crippen molar-refractivity contribution in [2.75, 3.05) is 6.54 Å². The highest BCUT2D eigenvalue weighted by Crippen LogP contribution is 2.07. The third-order valence-corrected chi connectivity index (χ3v) is 2.62. The Morgan fingerprint density at radius 2 is 2.47 bits per heavy atom. The van der Waals surface area contributed by atoms with Crippen molar-refractivity contribution in [2.45, 2.75) is 38.6 Å². The first-order valence-corrected chi connectivity index (χ1v) is 5.67. The van der Waals surface area contributed by atoms with Gasteiger partial charge in [-0.3, -0.25) is 4.99 Å². The van der Waals surface area contributed by atoms with E-state index in [1.54, 1.807) is 6.26 Å². The van der Waals surface area contributed by atoms with Crippen LogP contribution in [0.15, 0.2) is 27.8 Å². The molecule has 0 bridgehead atoms. The van der Waals surface area contributed by atoms with Crippen LogP contribution in [0.3, 0.4) is 0 Å². The first-order valence-electron chi connectivity index (χ1n) is 5.67. The van der Waals surface area contributed by atoms with E-state index in [-0.39, 0.29) is 0 Å². The smallest absolute Gasteiger partial charge is 0.105 e. The molecule has 0 amide bonds. The summed E-state index contributed by atoms with van der Waals surface area (Å²) in [7, 11) is 0. The van der Waals surface area contributed by atoms with Gasteiger partial charge >= 0.3 is 0 Å². The molecule has 1 atom stereocenters. The molecule has 0 radical (unpaired) electrons. The molecule has 3 heteroatoms. The Kier molecular flexibility index (Phi) is 3.43. The van der Waals surface area contributed by atoms with Gasteiger partial charge in [0.15, 0.2) is 0 Å². The van der Waals surface area contributed by atoms with Gasteiger partial charge in [0.05, 0.1) is 12.1 Å². The Hall–Kier alpha value is -1.25. The topological polar surface area (TPSA) is 37.5 Å². The second kappa shape index (κ2) is 5.01. The van der Waals surface area contributed by atoms with E-state index in [4.69, 9.17) is 4.42 Å². The summed E-state index contributed by atoms with van der Waals surface area (Å²) in [4.78, 5) is 4.47. The van der Waals surface area contributed by atoms with Crippen LogP contribution < -0.4 is 5.32 Å². The van der Waals surface area contributed by atoms with Crippen LogP contribution in [0.1, 0.15) is 31.9 Å². The van der Waals surface area contributed by atoms with Gasteiger partial charge in [-0.05, 0) is 31.9 Å². The Morgan fingerprint density at radius 1 is 1.53 bits per heavy atom. The summed E-state index contributed by atoms with van der Waals surface area (Å²) in [6.45, 7) is 3.15. The minimum absolute atomic E-state index is 0.396. The van der Waals surface area contributed by atoms with E-state index < -0.39 is 0 Å². The van der Waals surface area contributed by atoms with Crippen molar-refractivity contribution in [1.29, 1.82) is 0 Å². The fraction of sp³-hybridized carbons (Fsp3) is 0.583. The van der Waals surface area contributed by atoms with E-state index in [1.165, 1.54) is 18.7 Å². The van der Waals surface area contributed by atoms with E-state index in [0.717, 1.165) is 25.1 Å². The minimum Gasteiger partial charge on any atom is -0.469 e. The lowest BCUT2D eigenvalue weighted by molar-refractivity contribution is 0.479. The van der Waals surface area contributed by atoms with Gasteiger partial charge in [-0.2, -0.15) is 0 Å². The number of nitrogens with zero attached hydrogens (tertiary/aromatic N) is 1.